The number of amides is 2. The molecule has 2 N–H and O–H groups in total. The standard InChI is InChI=1S/C26H34N4O4/c1-19(21-11-15-23(33-3)16-12-21)27-29-25(31)9-7-5-6-8-10-26(32)30-28-20(2)22-13-17-24(34-4)18-14-22/h11-18H,5-10H2,1-4H3,(H,29,31)(H,30,32). The Balaban J connectivity index is 1.58. The highest BCUT2D eigenvalue weighted by atomic mass is 16.5. The number of hydrogen-bond donors (Lipinski definition) is 2. The largest absolute Gasteiger partial charge is 0.497 e. The lowest BCUT2D eigenvalue weighted by Crippen LogP contribution is -2.19. The normalized spacial score (nSPS) is 11.6. The summed E-state index contributed by atoms with van der Waals surface area (Å²) in [6.07, 6.45) is 4.04. The van der Waals surface area contributed by atoms with Gasteiger partial charge in [0.1, 0.15) is 11.5 Å². The SMILES string of the molecule is COc1ccc(C(C)=NNC(=O)CCCCCCC(=O)NN=C(C)c2ccc(OC)cc2)cc1. The van der Waals surface area contributed by atoms with Gasteiger partial charge in [-0.25, -0.2) is 10.9 Å². The maximum atomic E-state index is 12.0. The van der Waals surface area contributed by atoms with Crippen LogP contribution in [-0.4, -0.2) is 37.5 Å². The smallest absolute Gasteiger partial charge is 0.240 e. The number of nitrogens with one attached hydrogen (secondary N) is 2. The fourth-order valence-electron chi connectivity index (χ4n) is 3.12. The van der Waals surface area contributed by atoms with Crippen molar-refractivity contribution in [1.82, 2.24) is 10.9 Å². The van der Waals surface area contributed by atoms with Crippen LogP contribution in [0.1, 0.15) is 63.5 Å². The Bertz CT molecular complexity index is 901. The summed E-state index contributed by atoms with van der Waals surface area (Å²) in [5.41, 5.74) is 8.49. The van der Waals surface area contributed by atoms with Gasteiger partial charge in [-0.3, -0.25) is 9.59 Å². The molecular formula is C26H34N4O4. The molecule has 0 aliphatic rings. The lowest BCUT2D eigenvalue weighted by atomic mass is 10.1. The lowest BCUT2D eigenvalue weighted by molar-refractivity contribution is -0.122. The Morgan fingerprint density at radius 3 is 1.32 bits per heavy atom. The summed E-state index contributed by atoms with van der Waals surface area (Å²) in [6.45, 7) is 3.69. The molecule has 0 heterocycles. The minimum Gasteiger partial charge on any atom is -0.497 e. The summed E-state index contributed by atoms with van der Waals surface area (Å²) < 4.78 is 10.3. The van der Waals surface area contributed by atoms with Crippen molar-refractivity contribution in [2.75, 3.05) is 14.2 Å². The first kappa shape index (κ1) is 26.6. The number of hydrazone groups is 2. The minimum atomic E-state index is -0.117. The van der Waals surface area contributed by atoms with Gasteiger partial charge in [0.2, 0.25) is 11.8 Å². The van der Waals surface area contributed by atoms with E-state index in [0.29, 0.717) is 12.8 Å². The average molecular weight is 467 g/mol. The predicted molar refractivity (Wildman–Crippen MR) is 134 cm³/mol. The summed E-state index contributed by atoms with van der Waals surface area (Å²) in [5, 5.41) is 8.32. The molecule has 182 valence electrons. The summed E-state index contributed by atoms with van der Waals surface area (Å²) in [4.78, 5) is 24.0. The second-order valence-corrected chi connectivity index (χ2v) is 7.84. The summed E-state index contributed by atoms with van der Waals surface area (Å²) in [6, 6.07) is 15.0. The Kier molecular flexibility index (Phi) is 11.3. The molecule has 0 saturated carbocycles. The Morgan fingerprint density at radius 1 is 0.647 bits per heavy atom. The monoisotopic (exact) mass is 466 g/mol. The van der Waals surface area contributed by atoms with Crippen LogP contribution in [0.2, 0.25) is 0 Å². The van der Waals surface area contributed by atoms with E-state index in [-0.39, 0.29) is 11.8 Å². The molecule has 2 aromatic rings. The Morgan fingerprint density at radius 2 is 1.00 bits per heavy atom. The number of nitrogens with zero attached hydrogens (tertiary/aromatic N) is 2. The first-order valence-corrected chi connectivity index (χ1v) is 11.4. The van der Waals surface area contributed by atoms with Gasteiger partial charge < -0.3 is 9.47 Å². The summed E-state index contributed by atoms with van der Waals surface area (Å²) in [5.74, 6) is 1.31. The number of carbonyl (C=O) groups excluding carboxylic acids is 2. The number of hydrogen-bond acceptors (Lipinski definition) is 6. The van der Waals surface area contributed by atoms with Crippen molar-refractivity contribution in [3.8, 4) is 11.5 Å². The molecule has 34 heavy (non-hydrogen) atoms. The first-order chi connectivity index (χ1) is 16.4. The number of ether oxygens (including phenoxy) is 2. The third kappa shape index (κ3) is 9.44. The topological polar surface area (TPSA) is 101 Å². The zero-order valence-corrected chi connectivity index (χ0v) is 20.4. The van der Waals surface area contributed by atoms with Gasteiger partial charge in [-0.15, -0.1) is 0 Å². The van der Waals surface area contributed by atoms with Crippen LogP contribution in [0.3, 0.4) is 0 Å². The van der Waals surface area contributed by atoms with Crippen LogP contribution in [0.15, 0.2) is 58.7 Å². The molecule has 0 radical (unpaired) electrons. The van der Waals surface area contributed by atoms with E-state index in [9.17, 15) is 9.59 Å². The van der Waals surface area contributed by atoms with Crippen molar-refractivity contribution in [2.45, 2.75) is 52.4 Å². The van der Waals surface area contributed by atoms with Crippen molar-refractivity contribution in [2.24, 2.45) is 10.2 Å². The van der Waals surface area contributed by atoms with Gasteiger partial charge in [0.15, 0.2) is 0 Å². The minimum absolute atomic E-state index is 0.117. The van der Waals surface area contributed by atoms with E-state index in [1.165, 1.54) is 0 Å². The molecule has 0 spiro atoms. The van der Waals surface area contributed by atoms with Crippen LogP contribution < -0.4 is 20.3 Å². The van der Waals surface area contributed by atoms with E-state index in [0.717, 1.165) is 59.7 Å². The van der Waals surface area contributed by atoms with Crippen molar-refractivity contribution >= 4 is 23.2 Å². The lowest BCUT2D eigenvalue weighted by Gasteiger charge is -2.05. The Labute approximate surface area is 201 Å². The molecule has 0 aliphatic carbocycles. The van der Waals surface area contributed by atoms with Gasteiger partial charge in [-0.05, 0) is 86.3 Å². The molecule has 0 aliphatic heterocycles. The zero-order chi connectivity index (χ0) is 24.8. The number of carbonyl (C=O) groups is 2. The second kappa shape index (κ2) is 14.5. The van der Waals surface area contributed by atoms with Crippen LogP contribution in [-0.2, 0) is 9.59 Å². The van der Waals surface area contributed by atoms with E-state index in [2.05, 4.69) is 21.1 Å². The molecule has 2 aromatic carbocycles. The molecule has 0 atom stereocenters. The van der Waals surface area contributed by atoms with Crippen LogP contribution in [0.5, 0.6) is 11.5 Å². The predicted octanol–water partition coefficient (Wildman–Crippen LogP) is 4.43. The fraction of sp³-hybridized carbons (Fsp3) is 0.385. The number of methoxy groups -OCH3 is 2. The molecule has 0 aromatic heterocycles. The van der Waals surface area contributed by atoms with Gasteiger partial charge in [0.25, 0.3) is 0 Å². The van der Waals surface area contributed by atoms with Crippen molar-refractivity contribution < 1.29 is 19.1 Å². The van der Waals surface area contributed by atoms with Gasteiger partial charge >= 0.3 is 0 Å². The fourth-order valence-corrected chi connectivity index (χ4v) is 3.12. The van der Waals surface area contributed by atoms with Crippen molar-refractivity contribution in [3.63, 3.8) is 0 Å². The van der Waals surface area contributed by atoms with Gasteiger partial charge in [0, 0.05) is 12.8 Å². The van der Waals surface area contributed by atoms with Gasteiger partial charge in [-0.1, -0.05) is 12.8 Å². The third-order valence-corrected chi connectivity index (χ3v) is 5.27. The zero-order valence-electron chi connectivity index (χ0n) is 20.4. The number of benzene rings is 2. The number of unbranched alkanes of at least 4 members (excludes halogenated alkanes) is 3. The first-order valence-electron chi connectivity index (χ1n) is 11.4. The van der Waals surface area contributed by atoms with E-state index in [4.69, 9.17) is 9.47 Å². The molecule has 0 fully saturated rings. The van der Waals surface area contributed by atoms with Crippen molar-refractivity contribution in [3.05, 3.63) is 59.7 Å². The summed E-state index contributed by atoms with van der Waals surface area (Å²) >= 11 is 0. The molecule has 8 heteroatoms. The van der Waals surface area contributed by atoms with Crippen LogP contribution in [0.25, 0.3) is 0 Å². The maximum absolute atomic E-state index is 12.0. The highest BCUT2D eigenvalue weighted by Gasteiger charge is 2.04. The molecule has 0 saturated heterocycles. The van der Waals surface area contributed by atoms with Crippen LogP contribution in [0.4, 0.5) is 0 Å². The highest BCUT2D eigenvalue weighted by Crippen LogP contribution is 2.13. The number of rotatable bonds is 13. The third-order valence-electron chi connectivity index (χ3n) is 5.27. The second-order valence-electron chi connectivity index (χ2n) is 7.84. The van der Waals surface area contributed by atoms with Crippen molar-refractivity contribution in [1.29, 1.82) is 0 Å². The molecule has 0 unspecified atom stereocenters. The van der Waals surface area contributed by atoms with Gasteiger partial charge in [0.05, 0.1) is 25.6 Å². The molecule has 8 nitrogen and oxygen atoms in total. The quantitative estimate of drug-likeness (QED) is 0.259. The van der Waals surface area contributed by atoms with Crippen LogP contribution in [0, 0.1) is 0 Å². The van der Waals surface area contributed by atoms with Gasteiger partial charge in [-0.2, -0.15) is 10.2 Å². The maximum Gasteiger partial charge on any atom is 0.240 e. The molecular weight excluding hydrogens is 432 g/mol. The summed E-state index contributed by atoms with van der Waals surface area (Å²) in [7, 11) is 3.23. The van der Waals surface area contributed by atoms with E-state index < -0.39 is 0 Å². The molecule has 2 rings (SSSR count). The molecule has 2 amide bonds. The Hall–Kier alpha value is -3.68. The molecule has 0 bridgehead atoms. The van der Waals surface area contributed by atoms with E-state index in [1.54, 1.807) is 14.2 Å². The van der Waals surface area contributed by atoms with E-state index in [1.807, 2.05) is 62.4 Å². The van der Waals surface area contributed by atoms with Crippen LogP contribution >= 0.6 is 0 Å². The average Bonchev–Trinajstić information content (AvgIpc) is 2.87. The highest BCUT2D eigenvalue weighted by molar-refractivity contribution is 5.99. The van der Waals surface area contributed by atoms with E-state index >= 15 is 0 Å².